The molecule has 0 aliphatic heterocycles. The van der Waals surface area contributed by atoms with Crippen LogP contribution in [-0.2, 0) is 6.42 Å². The minimum absolute atomic E-state index is 0.0989. The molecule has 0 unspecified atom stereocenters. The lowest BCUT2D eigenvalue weighted by Gasteiger charge is -2.40. The van der Waals surface area contributed by atoms with Crippen LogP contribution >= 0.6 is 0 Å². The van der Waals surface area contributed by atoms with Gasteiger partial charge in [0.25, 0.3) is 0 Å². The number of carbonyl (C=O) groups is 1. The second-order valence-electron chi connectivity index (χ2n) is 8.57. The molecule has 2 aromatic carbocycles. The van der Waals surface area contributed by atoms with Gasteiger partial charge in [0, 0.05) is 0 Å². The van der Waals surface area contributed by atoms with E-state index in [9.17, 15) is 9.90 Å². The fraction of sp³-hybridized carbons (Fsp3) is 0.458. The van der Waals surface area contributed by atoms with Crippen molar-refractivity contribution < 1.29 is 14.6 Å². The van der Waals surface area contributed by atoms with Crippen molar-refractivity contribution in [2.24, 2.45) is 5.41 Å². The molecular weight excluding hydrogens is 350 g/mol. The Morgan fingerprint density at radius 1 is 1.18 bits per heavy atom. The molecule has 0 spiro atoms. The molecule has 150 valence electrons. The Labute approximate surface area is 167 Å². The number of aryl methyl sites for hydroxylation is 3. The van der Waals surface area contributed by atoms with Gasteiger partial charge in [0.05, 0.1) is 12.6 Å². The molecule has 0 fully saturated rings. The molecule has 0 saturated heterocycles. The Balaban J connectivity index is 1.97. The van der Waals surface area contributed by atoms with Crippen LogP contribution in [0.15, 0.2) is 30.3 Å². The van der Waals surface area contributed by atoms with Crippen LogP contribution in [0, 0.1) is 19.3 Å². The quantitative estimate of drug-likeness (QED) is 0.664. The smallest absolute Gasteiger partial charge is 0.405 e. The Morgan fingerprint density at radius 2 is 1.86 bits per heavy atom. The van der Waals surface area contributed by atoms with Gasteiger partial charge in [-0.05, 0) is 84.0 Å². The summed E-state index contributed by atoms with van der Waals surface area (Å²) in [5, 5.41) is 12.0. The van der Waals surface area contributed by atoms with E-state index in [-0.39, 0.29) is 11.5 Å². The zero-order valence-corrected chi connectivity index (χ0v) is 17.6. The summed E-state index contributed by atoms with van der Waals surface area (Å²) in [7, 11) is 0. The SMILES string of the molecule is CCCOc1c(C)cc(-c2ccc3c(c2)CCC(C)(C)[C@@H]3NC(=O)O)cc1C. The van der Waals surface area contributed by atoms with Gasteiger partial charge in [-0.2, -0.15) is 0 Å². The van der Waals surface area contributed by atoms with Gasteiger partial charge in [-0.3, -0.25) is 0 Å². The first-order valence-electron chi connectivity index (χ1n) is 10.1. The molecule has 4 heteroatoms. The van der Waals surface area contributed by atoms with Crippen LogP contribution < -0.4 is 10.1 Å². The maximum absolute atomic E-state index is 11.3. The van der Waals surface area contributed by atoms with E-state index in [1.165, 1.54) is 16.7 Å². The number of rotatable bonds is 5. The summed E-state index contributed by atoms with van der Waals surface area (Å²) in [4.78, 5) is 11.3. The Kier molecular flexibility index (Phi) is 5.69. The molecule has 1 aliphatic rings. The van der Waals surface area contributed by atoms with E-state index in [4.69, 9.17) is 4.74 Å². The molecule has 4 nitrogen and oxygen atoms in total. The number of nitrogens with one attached hydrogen (secondary N) is 1. The van der Waals surface area contributed by atoms with Crippen molar-refractivity contribution in [1.29, 1.82) is 0 Å². The Morgan fingerprint density at radius 3 is 2.46 bits per heavy atom. The van der Waals surface area contributed by atoms with Crippen LogP contribution in [0.3, 0.4) is 0 Å². The first kappa shape index (κ1) is 20.2. The van der Waals surface area contributed by atoms with Crippen molar-refractivity contribution in [3.8, 4) is 16.9 Å². The maximum Gasteiger partial charge on any atom is 0.405 e. The lowest BCUT2D eigenvalue weighted by Crippen LogP contribution is -2.40. The van der Waals surface area contributed by atoms with Crippen molar-refractivity contribution in [2.75, 3.05) is 6.61 Å². The fourth-order valence-corrected chi connectivity index (χ4v) is 4.25. The second kappa shape index (κ2) is 7.86. The van der Waals surface area contributed by atoms with Crippen molar-refractivity contribution in [3.63, 3.8) is 0 Å². The highest BCUT2D eigenvalue weighted by Crippen LogP contribution is 2.44. The average molecular weight is 382 g/mol. The lowest BCUT2D eigenvalue weighted by molar-refractivity contribution is 0.161. The highest BCUT2D eigenvalue weighted by molar-refractivity contribution is 5.70. The van der Waals surface area contributed by atoms with Crippen LogP contribution in [0.5, 0.6) is 5.75 Å². The molecule has 1 atom stereocenters. The molecule has 2 N–H and O–H groups in total. The van der Waals surface area contributed by atoms with Crippen molar-refractivity contribution in [1.82, 2.24) is 5.32 Å². The van der Waals surface area contributed by atoms with E-state index in [1.54, 1.807) is 0 Å². The topological polar surface area (TPSA) is 58.6 Å². The lowest BCUT2D eigenvalue weighted by atomic mass is 9.70. The summed E-state index contributed by atoms with van der Waals surface area (Å²) in [6.07, 6.45) is 1.94. The van der Waals surface area contributed by atoms with Gasteiger partial charge >= 0.3 is 6.09 Å². The Hall–Kier alpha value is -2.49. The molecule has 0 saturated carbocycles. The number of carboxylic acid groups (broad SMARTS) is 1. The third kappa shape index (κ3) is 4.01. The maximum atomic E-state index is 11.3. The minimum atomic E-state index is -0.969. The summed E-state index contributed by atoms with van der Waals surface area (Å²) in [5.41, 5.74) is 6.87. The molecule has 0 radical (unpaired) electrons. The zero-order valence-electron chi connectivity index (χ0n) is 17.6. The van der Waals surface area contributed by atoms with Crippen molar-refractivity contribution >= 4 is 6.09 Å². The number of fused-ring (bicyclic) bond motifs is 1. The third-order valence-electron chi connectivity index (χ3n) is 5.79. The van der Waals surface area contributed by atoms with E-state index >= 15 is 0 Å². The molecule has 2 aromatic rings. The number of amides is 1. The van der Waals surface area contributed by atoms with Gasteiger partial charge in [-0.15, -0.1) is 0 Å². The largest absolute Gasteiger partial charge is 0.493 e. The molecule has 0 bridgehead atoms. The van der Waals surface area contributed by atoms with Gasteiger partial charge in [0.15, 0.2) is 0 Å². The number of hydrogen-bond acceptors (Lipinski definition) is 2. The van der Waals surface area contributed by atoms with Crippen LogP contribution in [-0.4, -0.2) is 17.8 Å². The van der Waals surface area contributed by atoms with Gasteiger partial charge in [-0.1, -0.05) is 39.0 Å². The van der Waals surface area contributed by atoms with Gasteiger partial charge in [0.1, 0.15) is 5.75 Å². The average Bonchev–Trinajstić information content (AvgIpc) is 2.63. The third-order valence-corrected chi connectivity index (χ3v) is 5.79. The standard InChI is InChI=1S/C24H31NO3/c1-6-11-28-21-15(2)12-19(13-16(21)3)17-7-8-20-18(14-17)9-10-24(4,5)22(20)25-23(26)27/h7-8,12-14,22,25H,6,9-11H2,1-5H3,(H,26,27)/t22-/m1/s1. The predicted molar refractivity (Wildman–Crippen MR) is 113 cm³/mol. The summed E-state index contributed by atoms with van der Waals surface area (Å²) in [5.74, 6) is 0.982. The molecule has 3 rings (SSSR count). The van der Waals surface area contributed by atoms with Crippen LogP contribution in [0.1, 0.15) is 61.9 Å². The van der Waals surface area contributed by atoms with E-state index < -0.39 is 6.09 Å². The molecule has 0 aromatic heterocycles. The Bertz CT molecular complexity index is 862. The van der Waals surface area contributed by atoms with E-state index in [1.807, 2.05) is 0 Å². The molecule has 0 heterocycles. The second-order valence-corrected chi connectivity index (χ2v) is 8.57. The summed E-state index contributed by atoms with van der Waals surface area (Å²) in [6, 6.07) is 10.6. The first-order chi connectivity index (χ1) is 13.2. The van der Waals surface area contributed by atoms with Gasteiger partial charge in [-0.25, -0.2) is 4.79 Å². The highest BCUT2D eigenvalue weighted by Gasteiger charge is 2.37. The molecule has 1 aliphatic carbocycles. The van der Waals surface area contributed by atoms with Gasteiger partial charge in [0.2, 0.25) is 0 Å². The zero-order chi connectivity index (χ0) is 20.5. The normalized spacial score (nSPS) is 17.7. The summed E-state index contributed by atoms with van der Waals surface area (Å²) >= 11 is 0. The van der Waals surface area contributed by atoms with Crippen LogP contribution in [0.2, 0.25) is 0 Å². The number of benzene rings is 2. The summed E-state index contributed by atoms with van der Waals surface area (Å²) in [6.45, 7) is 11.3. The van der Waals surface area contributed by atoms with Crippen molar-refractivity contribution in [2.45, 2.75) is 59.9 Å². The van der Waals surface area contributed by atoms with Gasteiger partial charge < -0.3 is 15.2 Å². The predicted octanol–water partition coefficient (Wildman–Crippen LogP) is 6.04. The molecular formula is C24H31NO3. The fourth-order valence-electron chi connectivity index (χ4n) is 4.25. The highest BCUT2D eigenvalue weighted by atomic mass is 16.5. The van der Waals surface area contributed by atoms with E-state index in [0.717, 1.165) is 48.3 Å². The molecule has 1 amide bonds. The first-order valence-corrected chi connectivity index (χ1v) is 10.1. The monoisotopic (exact) mass is 381 g/mol. The van der Waals surface area contributed by atoms with Crippen LogP contribution in [0.4, 0.5) is 4.79 Å². The minimum Gasteiger partial charge on any atom is -0.493 e. The van der Waals surface area contributed by atoms with E-state index in [0.29, 0.717) is 0 Å². The number of hydrogen-bond donors (Lipinski definition) is 2. The van der Waals surface area contributed by atoms with E-state index in [2.05, 4.69) is 70.3 Å². The number of ether oxygens (including phenoxy) is 1. The van der Waals surface area contributed by atoms with Crippen molar-refractivity contribution in [3.05, 3.63) is 52.6 Å². The summed E-state index contributed by atoms with van der Waals surface area (Å²) < 4.78 is 5.91. The molecule has 28 heavy (non-hydrogen) atoms. The van der Waals surface area contributed by atoms with Crippen LogP contribution in [0.25, 0.3) is 11.1 Å².